The Labute approximate surface area is 148 Å². The van der Waals surface area contributed by atoms with E-state index in [2.05, 4.69) is 6.92 Å². The van der Waals surface area contributed by atoms with Crippen molar-refractivity contribution in [1.29, 1.82) is 0 Å². The lowest BCUT2D eigenvalue weighted by Gasteiger charge is -2.30. The Morgan fingerprint density at radius 2 is 1.58 bits per heavy atom. The van der Waals surface area contributed by atoms with Crippen LogP contribution in [0.2, 0.25) is 0 Å². The van der Waals surface area contributed by atoms with E-state index in [1.807, 2.05) is 0 Å². The smallest absolute Gasteiger partial charge is 0.303 e. The molecule has 0 aromatic carbocycles. The van der Waals surface area contributed by atoms with Crippen LogP contribution in [-0.2, 0) is 14.3 Å². The number of aliphatic carboxylic acids is 1. The summed E-state index contributed by atoms with van der Waals surface area (Å²) in [5, 5.41) is 8.67. The van der Waals surface area contributed by atoms with Gasteiger partial charge >= 0.3 is 5.97 Å². The van der Waals surface area contributed by atoms with Gasteiger partial charge < -0.3 is 14.6 Å². The van der Waals surface area contributed by atoms with Crippen LogP contribution in [0.25, 0.3) is 0 Å². The van der Waals surface area contributed by atoms with Crippen LogP contribution in [0.5, 0.6) is 0 Å². The average Bonchev–Trinajstić information content (AvgIpc) is 2.59. The van der Waals surface area contributed by atoms with Crippen molar-refractivity contribution in [2.45, 2.75) is 96.5 Å². The van der Waals surface area contributed by atoms with E-state index >= 15 is 0 Å². The van der Waals surface area contributed by atoms with Crippen LogP contribution >= 0.6 is 0 Å². The maximum Gasteiger partial charge on any atom is 0.303 e. The van der Waals surface area contributed by atoms with E-state index in [0.717, 1.165) is 39.1 Å². The molecule has 1 fully saturated rings. The molecule has 1 aliphatic heterocycles. The van der Waals surface area contributed by atoms with Gasteiger partial charge in [-0.15, -0.1) is 0 Å². The van der Waals surface area contributed by atoms with Gasteiger partial charge in [-0.25, -0.2) is 0 Å². The monoisotopic (exact) mass is 342 g/mol. The van der Waals surface area contributed by atoms with E-state index < -0.39 is 5.97 Å². The summed E-state index contributed by atoms with van der Waals surface area (Å²) in [4.78, 5) is 10.5. The second-order valence-electron chi connectivity index (χ2n) is 7.15. The van der Waals surface area contributed by atoms with Gasteiger partial charge in [-0.3, -0.25) is 4.79 Å². The molecule has 4 nitrogen and oxygen atoms in total. The van der Waals surface area contributed by atoms with E-state index in [-0.39, 0.29) is 6.10 Å². The fourth-order valence-electron chi connectivity index (χ4n) is 3.52. The number of carboxylic acids is 1. The van der Waals surface area contributed by atoms with Gasteiger partial charge in [0.2, 0.25) is 0 Å². The van der Waals surface area contributed by atoms with Crippen LogP contribution in [-0.4, -0.2) is 37.0 Å². The van der Waals surface area contributed by atoms with Gasteiger partial charge in [0.05, 0.1) is 25.9 Å². The maximum absolute atomic E-state index is 10.5. The number of carboxylic acid groups (broad SMARTS) is 1. The van der Waals surface area contributed by atoms with Crippen LogP contribution in [0.4, 0.5) is 0 Å². The number of hydrogen-bond acceptors (Lipinski definition) is 3. The van der Waals surface area contributed by atoms with Crippen LogP contribution < -0.4 is 0 Å². The lowest BCUT2D eigenvalue weighted by molar-refractivity contribution is -0.137. The van der Waals surface area contributed by atoms with E-state index in [9.17, 15) is 4.79 Å². The normalized spacial score (nSPS) is 19.3. The summed E-state index contributed by atoms with van der Waals surface area (Å²) >= 11 is 0. The minimum atomic E-state index is -0.677. The molecule has 1 saturated heterocycles. The molecule has 1 heterocycles. The molecule has 0 radical (unpaired) electrons. The van der Waals surface area contributed by atoms with E-state index in [4.69, 9.17) is 14.6 Å². The van der Waals surface area contributed by atoms with Crippen molar-refractivity contribution < 1.29 is 19.4 Å². The summed E-state index contributed by atoms with van der Waals surface area (Å²) in [6.07, 6.45) is 15.2. The SMILES string of the molecule is CCCCCCCCC(CCCCCCC(=O)O)C1COCCO1. The van der Waals surface area contributed by atoms with Gasteiger partial charge in [0.25, 0.3) is 0 Å². The van der Waals surface area contributed by atoms with Crippen LogP contribution in [0, 0.1) is 5.92 Å². The largest absolute Gasteiger partial charge is 0.481 e. The first-order valence-electron chi connectivity index (χ1n) is 10.1. The third-order valence-electron chi connectivity index (χ3n) is 5.01. The third-order valence-corrected chi connectivity index (χ3v) is 5.01. The van der Waals surface area contributed by atoms with Crippen LogP contribution in [0.1, 0.15) is 90.4 Å². The maximum atomic E-state index is 10.5. The molecule has 1 aliphatic rings. The molecule has 1 rings (SSSR count). The van der Waals surface area contributed by atoms with Crippen molar-refractivity contribution in [3.63, 3.8) is 0 Å². The molecule has 0 saturated carbocycles. The molecule has 0 amide bonds. The summed E-state index contributed by atoms with van der Waals surface area (Å²) in [6, 6.07) is 0. The van der Waals surface area contributed by atoms with Gasteiger partial charge in [-0.1, -0.05) is 64.7 Å². The van der Waals surface area contributed by atoms with Gasteiger partial charge in [-0.2, -0.15) is 0 Å². The molecule has 0 spiro atoms. The number of unbranched alkanes of at least 4 members (excludes halogenated alkanes) is 8. The summed E-state index contributed by atoms with van der Waals surface area (Å²) in [7, 11) is 0. The fraction of sp³-hybridized carbons (Fsp3) is 0.950. The van der Waals surface area contributed by atoms with Crippen molar-refractivity contribution >= 4 is 5.97 Å². The van der Waals surface area contributed by atoms with Crippen LogP contribution in [0.3, 0.4) is 0 Å². The summed E-state index contributed by atoms with van der Waals surface area (Å²) in [6.45, 7) is 4.47. The number of carbonyl (C=O) groups is 1. The number of ether oxygens (including phenoxy) is 2. The van der Waals surface area contributed by atoms with Gasteiger partial charge in [0.1, 0.15) is 0 Å². The first kappa shape index (κ1) is 21.4. The highest BCUT2D eigenvalue weighted by molar-refractivity contribution is 5.66. The van der Waals surface area contributed by atoms with Gasteiger partial charge in [0, 0.05) is 6.42 Å². The lowest BCUT2D eigenvalue weighted by atomic mass is 9.89. The highest BCUT2D eigenvalue weighted by Gasteiger charge is 2.24. The molecule has 0 aromatic heterocycles. The van der Waals surface area contributed by atoms with E-state index in [0.29, 0.717) is 12.3 Å². The summed E-state index contributed by atoms with van der Waals surface area (Å²) in [5.41, 5.74) is 0. The Bertz CT molecular complexity index is 300. The van der Waals surface area contributed by atoms with Crippen molar-refractivity contribution in [2.75, 3.05) is 19.8 Å². The summed E-state index contributed by atoms with van der Waals surface area (Å²) in [5.74, 6) is -0.0698. The molecule has 2 atom stereocenters. The first-order valence-corrected chi connectivity index (χ1v) is 10.1. The predicted octanol–water partition coefficient (Wildman–Crippen LogP) is 5.19. The molecule has 2 unspecified atom stereocenters. The molecule has 0 bridgehead atoms. The second kappa shape index (κ2) is 14.7. The molecular weight excluding hydrogens is 304 g/mol. The zero-order valence-corrected chi connectivity index (χ0v) is 15.6. The molecular formula is C20H38O4. The average molecular weight is 343 g/mol. The Hall–Kier alpha value is -0.610. The molecule has 0 aliphatic carbocycles. The van der Waals surface area contributed by atoms with Gasteiger partial charge in [0.15, 0.2) is 0 Å². The van der Waals surface area contributed by atoms with Crippen molar-refractivity contribution in [3.05, 3.63) is 0 Å². The van der Waals surface area contributed by atoms with Crippen molar-refractivity contribution in [3.8, 4) is 0 Å². The zero-order chi connectivity index (χ0) is 17.5. The summed E-state index contributed by atoms with van der Waals surface area (Å²) < 4.78 is 11.5. The predicted molar refractivity (Wildman–Crippen MR) is 97.4 cm³/mol. The molecule has 4 heteroatoms. The molecule has 1 N–H and O–H groups in total. The minimum Gasteiger partial charge on any atom is -0.481 e. The highest BCUT2D eigenvalue weighted by atomic mass is 16.6. The molecule has 142 valence electrons. The van der Waals surface area contributed by atoms with Crippen molar-refractivity contribution in [2.24, 2.45) is 5.92 Å². The van der Waals surface area contributed by atoms with Crippen LogP contribution in [0.15, 0.2) is 0 Å². The van der Waals surface area contributed by atoms with E-state index in [1.165, 1.54) is 57.8 Å². The molecule has 0 aromatic rings. The minimum absolute atomic E-state index is 0.272. The fourth-order valence-corrected chi connectivity index (χ4v) is 3.52. The van der Waals surface area contributed by atoms with E-state index in [1.54, 1.807) is 0 Å². The first-order chi connectivity index (χ1) is 11.7. The highest BCUT2D eigenvalue weighted by Crippen LogP contribution is 2.25. The Morgan fingerprint density at radius 1 is 0.958 bits per heavy atom. The third kappa shape index (κ3) is 11.0. The number of rotatable bonds is 15. The lowest BCUT2D eigenvalue weighted by Crippen LogP contribution is -2.35. The Balaban J connectivity index is 2.18. The second-order valence-corrected chi connectivity index (χ2v) is 7.15. The zero-order valence-electron chi connectivity index (χ0n) is 15.6. The topological polar surface area (TPSA) is 55.8 Å². The molecule has 24 heavy (non-hydrogen) atoms. The quantitative estimate of drug-likeness (QED) is 0.416. The van der Waals surface area contributed by atoms with Gasteiger partial charge in [-0.05, 0) is 25.2 Å². The Morgan fingerprint density at radius 3 is 2.17 bits per heavy atom. The number of hydrogen-bond donors (Lipinski definition) is 1. The standard InChI is InChI=1S/C20H38O4/c1-2-3-4-5-6-9-12-18(19-17-23-15-16-24-19)13-10-7-8-11-14-20(21)22/h18-19H,2-17H2,1H3,(H,21,22). The Kier molecular flexibility index (Phi) is 13.1. The van der Waals surface area contributed by atoms with Crippen molar-refractivity contribution in [1.82, 2.24) is 0 Å².